The number of hydrogen-bond acceptors (Lipinski definition) is 2. The summed E-state index contributed by atoms with van der Waals surface area (Å²) in [4.78, 5) is 0. The molecule has 1 aliphatic rings. The Kier molecular flexibility index (Phi) is 7.63. The molecule has 0 radical (unpaired) electrons. The largest absolute Gasteiger partial charge is 0.486 e. The molecule has 1 atom stereocenters. The molecule has 0 amide bonds. The maximum Gasteiger partial charge on any atom is 0.147 e. The lowest BCUT2D eigenvalue weighted by atomic mass is 9.78. The van der Waals surface area contributed by atoms with Crippen LogP contribution in [0.15, 0.2) is 42.5 Å². The smallest absolute Gasteiger partial charge is 0.147 e. The van der Waals surface area contributed by atoms with Crippen LogP contribution in [0.3, 0.4) is 0 Å². The minimum Gasteiger partial charge on any atom is -0.486 e. The van der Waals surface area contributed by atoms with Gasteiger partial charge in [0.15, 0.2) is 0 Å². The van der Waals surface area contributed by atoms with E-state index in [1.165, 1.54) is 38.5 Å². The molecule has 0 bridgehead atoms. The van der Waals surface area contributed by atoms with Crippen molar-refractivity contribution >= 4 is 0 Å². The monoisotopic (exact) mass is 397 g/mol. The number of hydrogen-bond donors (Lipinski definition) is 0. The molecule has 1 saturated carbocycles. The number of nitrogens with zero attached hydrogens (tertiary/aromatic N) is 1. The zero-order chi connectivity index (χ0) is 20.6. The highest BCUT2D eigenvalue weighted by Crippen LogP contribution is 2.36. The summed E-state index contributed by atoms with van der Waals surface area (Å²) >= 11 is 0. The van der Waals surface area contributed by atoms with Crippen LogP contribution in [0.4, 0.5) is 8.78 Å². The summed E-state index contributed by atoms with van der Waals surface area (Å²) in [7, 11) is 0. The number of rotatable bonds is 8. The Balaban J connectivity index is 1.68. The predicted octanol–water partition coefficient (Wildman–Crippen LogP) is 7.34. The summed E-state index contributed by atoms with van der Waals surface area (Å²) in [6, 6.07) is 13.6. The maximum absolute atomic E-state index is 14.0. The van der Waals surface area contributed by atoms with Crippen LogP contribution in [-0.4, -0.2) is 0 Å². The van der Waals surface area contributed by atoms with Crippen molar-refractivity contribution in [2.75, 3.05) is 0 Å². The number of nitriles is 1. The molecule has 1 aliphatic carbocycles. The van der Waals surface area contributed by atoms with Gasteiger partial charge >= 0.3 is 0 Å². The molecule has 2 aromatic carbocycles. The summed E-state index contributed by atoms with van der Waals surface area (Å²) in [5.41, 5.74) is 0.426. The molecular formula is C25H29F2NO. The van der Waals surface area contributed by atoms with Gasteiger partial charge in [0.25, 0.3) is 0 Å². The lowest BCUT2D eigenvalue weighted by molar-refractivity contribution is 0.167. The second-order valence-electron chi connectivity index (χ2n) is 8.14. The fraction of sp³-hybridized carbons (Fsp3) is 0.480. The maximum atomic E-state index is 14.0. The van der Waals surface area contributed by atoms with Gasteiger partial charge in [0.1, 0.15) is 35.1 Å². The molecule has 4 heteroatoms. The van der Waals surface area contributed by atoms with E-state index < -0.39 is 17.2 Å². The fourth-order valence-electron chi connectivity index (χ4n) is 4.45. The Hall–Kier alpha value is -2.41. The van der Waals surface area contributed by atoms with E-state index >= 15 is 0 Å². The first-order valence-corrected chi connectivity index (χ1v) is 10.7. The molecule has 1 unspecified atom stereocenters. The summed E-state index contributed by atoms with van der Waals surface area (Å²) < 4.78 is 34.0. The first-order valence-electron chi connectivity index (χ1n) is 10.7. The molecule has 0 aromatic heterocycles. The Morgan fingerprint density at radius 3 is 2.14 bits per heavy atom. The lowest BCUT2D eigenvalue weighted by Gasteiger charge is -2.29. The standard InChI is InChI=1S/C25H29F2NO/c1-2-6-18-9-11-19(12-10-18)13-14-25(20-7-4-3-5-8-20)29-21-15-23(26)22(17-28)24(27)16-21/h3-5,7-8,15-16,18-19,25H,2,6,9-14H2,1H3/t18-,19-,25?. The van der Waals surface area contributed by atoms with Gasteiger partial charge in [-0.3, -0.25) is 0 Å². The van der Waals surface area contributed by atoms with Gasteiger partial charge in [-0.1, -0.05) is 75.8 Å². The zero-order valence-corrected chi connectivity index (χ0v) is 17.0. The average molecular weight is 398 g/mol. The van der Waals surface area contributed by atoms with E-state index in [2.05, 4.69) is 6.92 Å². The van der Waals surface area contributed by atoms with Crippen LogP contribution in [0.25, 0.3) is 0 Å². The van der Waals surface area contributed by atoms with E-state index in [0.29, 0.717) is 5.92 Å². The van der Waals surface area contributed by atoms with Gasteiger partial charge < -0.3 is 4.74 Å². The number of ether oxygens (including phenoxy) is 1. The highest BCUT2D eigenvalue weighted by Gasteiger charge is 2.23. The van der Waals surface area contributed by atoms with Crippen LogP contribution in [0.1, 0.15) is 75.5 Å². The van der Waals surface area contributed by atoms with Crippen molar-refractivity contribution in [2.24, 2.45) is 11.8 Å². The van der Waals surface area contributed by atoms with Crippen LogP contribution in [0.5, 0.6) is 5.75 Å². The summed E-state index contributed by atoms with van der Waals surface area (Å²) in [6.45, 7) is 2.25. The predicted molar refractivity (Wildman–Crippen MR) is 110 cm³/mol. The van der Waals surface area contributed by atoms with Gasteiger partial charge in [-0.15, -0.1) is 0 Å². The van der Waals surface area contributed by atoms with E-state index in [4.69, 9.17) is 10.00 Å². The Morgan fingerprint density at radius 1 is 1.00 bits per heavy atom. The van der Waals surface area contributed by atoms with E-state index in [9.17, 15) is 8.78 Å². The van der Waals surface area contributed by atoms with Crippen LogP contribution in [0, 0.1) is 34.8 Å². The van der Waals surface area contributed by atoms with Crippen LogP contribution >= 0.6 is 0 Å². The van der Waals surface area contributed by atoms with Crippen molar-refractivity contribution in [3.63, 3.8) is 0 Å². The van der Waals surface area contributed by atoms with E-state index in [1.54, 1.807) is 6.07 Å². The molecule has 0 saturated heterocycles. The van der Waals surface area contributed by atoms with Gasteiger partial charge in [0, 0.05) is 12.1 Å². The Morgan fingerprint density at radius 2 is 1.59 bits per heavy atom. The normalized spacial score (nSPS) is 20.1. The highest BCUT2D eigenvalue weighted by atomic mass is 19.1. The van der Waals surface area contributed by atoms with Gasteiger partial charge in [-0.25, -0.2) is 8.78 Å². The number of benzene rings is 2. The molecule has 0 aliphatic heterocycles. The van der Waals surface area contributed by atoms with Crippen molar-refractivity contribution in [1.29, 1.82) is 5.26 Å². The van der Waals surface area contributed by atoms with E-state index in [0.717, 1.165) is 36.5 Å². The molecular weight excluding hydrogens is 368 g/mol. The second kappa shape index (κ2) is 10.4. The third kappa shape index (κ3) is 5.79. The van der Waals surface area contributed by atoms with Gasteiger partial charge in [-0.05, 0) is 30.2 Å². The minimum atomic E-state index is -0.886. The molecule has 0 N–H and O–H groups in total. The molecule has 0 heterocycles. The third-order valence-corrected chi connectivity index (χ3v) is 6.08. The SMILES string of the molecule is CCC[C@H]1CC[C@H](CCC(Oc2cc(F)c(C#N)c(F)c2)c2ccccc2)CC1. The van der Waals surface area contributed by atoms with Gasteiger partial charge in [0.2, 0.25) is 0 Å². The summed E-state index contributed by atoms with van der Waals surface area (Å²) in [5, 5.41) is 8.86. The number of halogens is 2. The van der Waals surface area contributed by atoms with Crippen LogP contribution in [-0.2, 0) is 0 Å². The quantitative estimate of drug-likeness (QED) is 0.467. The molecule has 2 aromatic rings. The Labute approximate surface area is 172 Å². The van der Waals surface area contributed by atoms with Gasteiger partial charge in [0.05, 0.1) is 0 Å². The van der Waals surface area contributed by atoms with Crippen molar-refractivity contribution in [3.05, 3.63) is 65.2 Å². The highest BCUT2D eigenvalue weighted by molar-refractivity contribution is 5.38. The van der Waals surface area contributed by atoms with Crippen LogP contribution < -0.4 is 4.74 Å². The molecule has 3 rings (SSSR count). The molecule has 154 valence electrons. The van der Waals surface area contributed by atoms with Crippen molar-refractivity contribution in [2.45, 2.75) is 64.4 Å². The van der Waals surface area contributed by atoms with E-state index in [1.807, 2.05) is 30.3 Å². The first-order chi connectivity index (χ1) is 14.1. The van der Waals surface area contributed by atoms with Crippen molar-refractivity contribution < 1.29 is 13.5 Å². The van der Waals surface area contributed by atoms with E-state index in [-0.39, 0.29) is 11.9 Å². The summed E-state index contributed by atoms with van der Waals surface area (Å²) in [5.74, 6) is -0.0824. The summed E-state index contributed by atoms with van der Waals surface area (Å²) in [6.07, 6.45) is 9.29. The fourth-order valence-corrected chi connectivity index (χ4v) is 4.45. The minimum absolute atomic E-state index is 0.125. The molecule has 1 fully saturated rings. The molecule has 0 spiro atoms. The van der Waals surface area contributed by atoms with Crippen LogP contribution in [0.2, 0.25) is 0 Å². The second-order valence-corrected chi connectivity index (χ2v) is 8.14. The first kappa shape index (κ1) is 21.3. The topological polar surface area (TPSA) is 33.0 Å². The average Bonchev–Trinajstić information content (AvgIpc) is 2.73. The Bertz CT molecular complexity index is 799. The molecule has 29 heavy (non-hydrogen) atoms. The van der Waals surface area contributed by atoms with Crippen molar-refractivity contribution in [1.82, 2.24) is 0 Å². The van der Waals surface area contributed by atoms with Gasteiger partial charge in [-0.2, -0.15) is 5.26 Å². The lowest BCUT2D eigenvalue weighted by Crippen LogP contribution is -2.16. The molecule has 2 nitrogen and oxygen atoms in total. The zero-order valence-electron chi connectivity index (χ0n) is 17.0. The van der Waals surface area contributed by atoms with Crippen molar-refractivity contribution in [3.8, 4) is 11.8 Å². The third-order valence-electron chi connectivity index (χ3n) is 6.08.